The number of aldehydes is 1. The third-order valence-corrected chi connectivity index (χ3v) is 2.41. The second kappa shape index (κ2) is 5.48. The molecule has 5 nitrogen and oxygen atoms in total. The SMILES string of the molecule is O=Cc1ccc(C(=O)NNCCO)s1. The Bertz CT molecular complexity index is 324. The van der Waals surface area contributed by atoms with Gasteiger partial charge in [-0.1, -0.05) is 0 Å². The van der Waals surface area contributed by atoms with Gasteiger partial charge in [-0.15, -0.1) is 11.3 Å². The average Bonchev–Trinajstić information content (AvgIpc) is 2.66. The number of hydrazine groups is 1. The van der Waals surface area contributed by atoms with Crippen LogP contribution in [0.5, 0.6) is 0 Å². The molecule has 14 heavy (non-hydrogen) atoms. The first-order valence-electron chi connectivity index (χ1n) is 3.97. The molecule has 1 rings (SSSR count). The lowest BCUT2D eigenvalue weighted by molar-refractivity contribution is 0.0934. The fourth-order valence-corrected chi connectivity index (χ4v) is 1.52. The highest BCUT2D eigenvalue weighted by atomic mass is 32.1. The van der Waals surface area contributed by atoms with E-state index in [1.165, 1.54) is 0 Å². The van der Waals surface area contributed by atoms with Gasteiger partial charge in [0.15, 0.2) is 6.29 Å². The van der Waals surface area contributed by atoms with Crippen molar-refractivity contribution in [1.29, 1.82) is 0 Å². The fourth-order valence-electron chi connectivity index (χ4n) is 0.798. The van der Waals surface area contributed by atoms with Gasteiger partial charge in [0.1, 0.15) is 0 Å². The van der Waals surface area contributed by atoms with Crippen molar-refractivity contribution in [3.8, 4) is 0 Å². The summed E-state index contributed by atoms with van der Waals surface area (Å²) in [6.45, 7) is 0.238. The summed E-state index contributed by atoms with van der Waals surface area (Å²) in [6, 6.07) is 3.16. The van der Waals surface area contributed by atoms with Crippen LogP contribution in [0.3, 0.4) is 0 Å². The monoisotopic (exact) mass is 214 g/mol. The predicted octanol–water partition coefficient (Wildman–Crippen LogP) is -0.213. The molecule has 1 aromatic heterocycles. The van der Waals surface area contributed by atoms with Gasteiger partial charge in [0, 0.05) is 6.54 Å². The molecule has 3 N–H and O–H groups in total. The first kappa shape index (κ1) is 10.8. The van der Waals surface area contributed by atoms with Crippen molar-refractivity contribution in [2.24, 2.45) is 0 Å². The lowest BCUT2D eigenvalue weighted by Crippen LogP contribution is -2.38. The summed E-state index contributed by atoms with van der Waals surface area (Å²) in [5.74, 6) is -0.309. The van der Waals surface area contributed by atoms with Crippen LogP contribution in [0.1, 0.15) is 19.3 Å². The molecule has 0 atom stereocenters. The number of aliphatic hydroxyl groups excluding tert-OH is 1. The van der Waals surface area contributed by atoms with E-state index in [0.717, 1.165) is 11.3 Å². The molecule has 0 fully saturated rings. The number of aliphatic hydroxyl groups is 1. The molecule has 0 radical (unpaired) electrons. The Morgan fingerprint density at radius 2 is 2.36 bits per heavy atom. The molecule has 0 spiro atoms. The van der Waals surface area contributed by atoms with E-state index in [2.05, 4.69) is 10.9 Å². The van der Waals surface area contributed by atoms with E-state index in [4.69, 9.17) is 5.11 Å². The minimum Gasteiger partial charge on any atom is -0.395 e. The Hall–Kier alpha value is -1.24. The number of rotatable bonds is 5. The molecule has 0 aromatic carbocycles. The highest BCUT2D eigenvalue weighted by molar-refractivity contribution is 7.15. The molecule has 0 saturated carbocycles. The van der Waals surface area contributed by atoms with E-state index >= 15 is 0 Å². The van der Waals surface area contributed by atoms with Crippen molar-refractivity contribution in [3.63, 3.8) is 0 Å². The highest BCUT2D eigenvalue weighted by Gasteiger charge is 2.07. The van der Waals surface area contributed by atoms with Crippen molar-refractivity contribution in [3.05, 3.63) is 21.9 Å². The van der Waals surface area contributed by atoms with Crippen LogP contribution in [-0.2, 0) is 0 Å². The Balaban J connectivity index is 2.47. The maximum atomic E-state index is 11.3. The third kappa shape index (κ3) is 2.91. The molecule has 0 saturated heterocycles. The van der Waals surface area contributed by atoms with E-state index in [9.17, 15) is 9.59 Å². The summed E-state index contributed by atoms with van der Waals surface area (Å²) in [5.41, 5.74) is 4.91. The van der Waals surface area contributed by atoms with Gasteiger partial charge in [0.2, 0.25) is 0 Å². The van der Waals surface area contributed by atoms with Crippen LogP contribution in [-0.4, -0.2) is 30.5 Å². The molecule has 0 aliphatic rings. The summed E-state index contributed by atoms with van der Waals surface area (Å²) < 4.78 is 0. The van der Waals surface area contributed by atoms with E-state index < -0.39 is 0 Å². The third-order valence-electron chi connectivity index (χ3n) is 1.41. The van der Waals surface area contributed by atoms with Crippen molar-refractivity contribution < 1.29 is 14.7 Å². The number of carbonyl (C=O) groups excluding carboxylic acids is 2. The van der Waals surface area contributed by atoms with Crippen LogP contribution in [0.25, 0.3) is 0 Å². The summed E-state index contributed by atoms with van der Waals surface area (Å²) in [6.07, 6.45) is 0.697. The quantitative estimate of drug-likeness (QED) is 0.360. The van der Waals surface area contributed by atoms with Crippen LogP contribution in [0, 0.1) is 0 Å². The van der Waals surface area contributed by atoms with E-state index in [1.54, 1.807) is 12.1 Å². The molecular weight excluding hydrogens is 204 g/mol. The normalized spacial score (nSPS) is 9.79. The highest BCUT2D eigenvalue weighted by Crippen LogP contribution is 2.13. The van der Waals surface area contributed by atoms with E-state index in [1.807, 2.05) is 0 Å². The predicted molar refractivity (Wildman–Crippen MR) is 52.3 cm³/mol. The van der Waals surface area contributed by atoms with Gasteiger partial charge < -0.3 is 5.11 Å². The molecule has 0 bridgehead atoms. The van der Waals surface area contributed by atoms with Crippen LogP contribution >= 0.6 is 11.3 Å². The molecule has 0 aliphatic carbocycles. The molecule has 1 aromatic rings. The molecular formula is C8H10N2O3S. The lowest BCUT2D eigenvalue weighted by Gasteiger charge is -2.02. The second-order valence-corrected chi connectivity index (χ2v) is 3.54. The van der Waals surface area contributed by atoms with E-state index in [0.29, 0.717) is 16.0 Å². The molecule has 1 amide bonds. The lowest BCUT2D eigenvalue weighted by atomic mass is 10.4. The van der Waals surface area contributed by atoms with Gasteiger partial charge in [0.05, 0.1) is 16.4 Å². The molecule has 0 unspecified atom stereocenters. The first-order chi connectivity index (χ1) is 6.77. The number of carbonyl (C=O) groups is 2. The smallest absolute Gasteiger partial charge is 0.275 e. The number of hydrogen-bond donors (Lipinski definition) is 3. The second-order valence-electron chi connectivity index (χ2n) is 2.42. The average molecular weight is 214 g/mol. The van der Waals surface area contributed by atoms with Crippen molar-refractivity contribution in [2.45, 2.75) is 0 Å². The summed E-state index contributed by atoms with van der Waals surface area (Å²) in [5, 5.41) is 8.43. The Kier molecular flexibility index (Phi) is 4.24. The Morgan fingerprint density at radius 3 is 2.93 bits per heavy atom. The van der Waals surface area contributed by atoms with Gasteiger partial charge >= 0.3 is 0 Å². The van der Waals surface area contributed by atoms with Crippen LogP contribution in [0.2, 0.25) is 0 Å². The van der Waals surface area contributed by atoms with Crippen LogP contribution in [0.4, 0.5) is 0 Å². The Labute approximate surface area is 84.7 Å². The maximum absolute atomic E-state index is 11.3. The van der Waals surface area contributed by atoms with Crippen molar-refractivity contribution in [2.75, 3.05) is 13.2 Å². The van der Waals surface area contributed by atoms with Gasteiger partial charge in [0.25, 0.3) is 5.91 Å². The zero-order valence-corrected chi connectivity index (χ0v) is 8.13. The van der Waals surface area contributed by atoms with Gasteiger partial charge in [-0.25, -0.2) is 5.43 Å². The van der Waals surface area contributed by atoms with Gasteiger partial charge in [-0.2, -0.15) is 0 Å². The van der Waals surface area contributed by atoms with Crippen LogP contribution < -0.4 is 10.9 Å². The van der Waals surface area contributed by atoms with Gasteiger partial charge in [-0.3, -0.25) is 15.0 Å². The largest absolute Gasteiger partial charge is 0.395 e. The molecule has 0 aliphatic heterocycles. The van der Waals surface area contributed by atoms with Gasteiger partial charge in [-0.05, 0) is 12.1 Å². The summed E-state index contributed by atoms with van der Waals surface area (Å²) >= 11 is 1.12. The first-order valence-corrected chi connectivity index (χ1v) is 4.78. The maximum Gasteiger partial charge on any atom is 0.275 e. The minimum absolute atomic E-state index is 0.0513. The topological polar surface area (TPSA) is 78.4 Å². The zero-order valence-electron chi connectivity index (χ0n) is 7.32. The number of nitrogens with one attached hydrogen (secondary N) is 2. The number of thiophene rings is 1. The summed E-state index contributed by atoms with van der Waals surface area (Å²) in [4.78, 5) is 22.6. The zero-order chi connectivity index (χ0) is 10.4. The van der Waals surface area contributed by atoms with Crippen LogP contribution in [0.15, 0.2) is 12.1 Å². The number of amides is 1. The molecule has 1 heterocycles. The van der Waals surface area contributed by atoms with E-state index in [-0.39, 0.29) is 19.1 Å². The standard InChI is InChI=1S/C8H10N2O3S/c11-4-3-9-10-8(13)7-2-1-6(5-12)14-7/h1-2,5,9,11H,3-4H2,(H,10,13). The summed E-state index contributed by atoms with van der Waals surface area (Å²) in [7, 11) is 0. The molecule has 76 valence electrons. The van der Waals surface area contributed by atoms with Crippen molar-refractivity contribution in [1.82, 2.24) is 10.9 Å². The van der Waals surface area contributed by atoms with Crippen molar-refractivity contribution >= 4 is 23.5 Å². The fraction of sp³-hybridized carbons (Fsp3) is 0.250. The number of hydrogen-bond acceptors (Lipinski definition) is 5. The molecule has 6 heteroatoms. The Morgan fingerprint density at radius 1 is 1.57 bits per heavy atom. The minimum atomic E-state index is -0.309.